The second kappa shape index (κ2) is 6.73. The van der Waals surface area contributed by atoms with Crippen molar-refractivity contribution in [3.05, 3.63) is 82.9 Å². The molecule has 3 aromatic rings. The molecule has 0 aliphatic carbocycles. The van der Waals surface area contributed by atoms with E-state index in [0.29, 0.717) is 22.5 Å². The van der Waals surface area contributed by atoms with Gasteiger partial charge in [-0.2, -0.15) is 5.10 Å². The van der Waals surface area contributed by atoms with Gasteiger partial charge in [-0.05, 0) is 32.0 Å². The van der Waals surface area contributed by atoms with E-state index in [0.717, 1.165) is 5.69 Å². The third-order valence-corrected chi connectivity index (χ3v) is 5.62. The number of nitrogens with zero attached hydrogens (tertiary/aromatic N) is 2. The van der Waals surface area contributed by atoms with Crippen LogP contribution in [0.25, 0.3) is 5.69 Å². The molecule has 3 N–H and O–H groups in total. The molecular weight excluding hydrogens is 396 g/mol. The van der Waals surface area contributed by atoms with Gasteiger partial charge in [0.15, 0.2) is 5.41 Å². The number of hydrogen-bond acceptors (Lipinski definition) is 6. The second-order valence-electron chi connectivity index (χ2n) is 7.33. The van der Waals surface area contributed by atoms with Gasteiger partial charge in [0.2, 0.25) is 17.5 Å². The van der Waals surface area contributed by atoms with Gasteiger partial charge in [-0.25, -0.2) is 9.48 Å². The number of benzene rings is 2. The zero-order valence-electron chi connectivity index (χ0n) is 17.0. The molecule has 2 aromatic carbocycles. The summed E-state index contributed by atoms with van der Waals surface area (Å²) in [6.45, 7) is 3.62. The van der Waals surface area contributed by atoms with Gasteiger partial charge in [0.05, 0.1) is 29.2 Å². The minimum absolute atomic E-state index is 0.0170. The molecule has 1 atom stereocenters. The lowest BCUT2D eigenvalue weighted by atomic mass is 9.71. The van der Waals surface area contributed by atoms with Gasteiger partial charge in [-0.3, -0.25) is 4.79 Å². The Morgan fingerprint density at radius 2 is 1.90 bits per heavy atom. The Morgan fingerprint density at radius 1 is 1.19 bits per heavy atom. The van der Waals surface area contributed by atoms with Crippen LogP contribution in [0.5, 0.6) is 5.88 Å². The van der Waals surface area contributed by atoms with Crippen LogP contribution < -0.4 is 15.8 Å². The van der Waals surface area contributed by atoms with Crippen molar-refractivity contribution in [2.24, 2.45) is 5.73 Å². The van der Waals surface area contributed by atoms with E-state index in [9.17, 15) is 9.59 Å². The zero-order chi connectivity index (χ0) is 21.8. The number of esters is 1. The number of carbonyl (C=O) groups excluding carboxylic acids is 2. The van der Waals surface area contributed by atoms with E-state index < -0.39 is 11.4 Å². The lowest BCUT2D eigenvalue weighted by Gasteiger charge is -2.33. The monoisotopic (exact) mass is 416 g/mol. The first-order valence-corrected chi connectivity index (χ1v) is 9.91. The second-order valence-corrected chi connectivity index (χ2v) is 7.33. The number of nitrogens with one attached hydrogen (secondary N) is 1. The summed E-state index contributed by atoms with van der Waals surface area (Å²) in [7, 11) is 0. The van der Waals surface area contributed by atoms with Crippen LogP contribution in [0, 0.1) is 6.92 Å². The highest BCUT2D eigenvalue weighted by Crippen LogP contribution is 2.53. The molecule has 156 valence electrons. The van der Waals surface area contributed by atoms with Gasteiger partial charge in [0.1, 0.15) is 0 Å². The molecule has 0 saturated carbocycles. The Bertz CT molecular complexity index is 1260. The Morgan fingerprint density at radius 3 is 2.65 bits per heavy atom. The standard InChI is InChI=1S/C23H20N4O4/c1-3-30-21(28)18-19(24)23(15-11-7-8-12-16(15)25-22(23)29)17-13(2)26-27(20(17)31-18)14-9-5-4-6-10-14/h4-12H,3,24H2,1-2H3,(H,25,29)/t23-/m0/s1. The molecule has 0 fully saturated rings. The molecule has 1 amide bonds. The van der Waals surface area contributed by atoms with Crippen LogP contribution in [0.1, 0.15) is 23.7 Å². The summed E-state index contributed by atoms with van der Waals surface area (Å²) in [5.74, 6) is -1.06. The predicted octanol–water partition coefficient (Wildman–Crippen LogP) is 2.54. The molecule has 5 rings (SSSR count). The van der Waals surface area contributed by atoms with E-state index in [1.165, 1.54) is 0 Å². The first-order valence-electron chi connectivity index (χ1n) is 9.91. The number of rotatable bonds is 3. The number of nitrogens with two attached hydrogens (primary N) is 1. The lowest BCUT2D eigenvalue weighted by Crippen LogP contribution is -2.46. The van der Waals surface area contributed by atoms with Crippen molar-refractivity contribution in [2.75, 3.05) is 11.9 Å². The Labute approximate surface area is 178 Å². The van der Waals surface area contributed by atoms with Crippen LogP contribution in [0.2, 0.25) is 0 Å². The normalized spacial score (nSPS) is 19.0. The average Bonchev–Trinajstić information content (AvgIpc) is 3.26. The summed E-state index contributed by atoms with van der Waals surface area (Å²) in [4.78, 5) is 26.3. The number of para-hydroxylation sites is 2. The van der Waals surface area contributed by atoms with Crippen molar-refractivity contribution in [1.29, 1.82) is 0 Å². The number of fused-ring (bicyclic) bond motifs is 4. The molecule has 8 nitrogen and oxygen atoms in total. The van der Waals surface area contributed by atoms with Crippen molar-refractivity contribution in [3.8, 4) is 11.6 Å². The Hall–Kier alpha value is -4.07. The fourth-order valence-corrected chi connectivity index (χ4v) is 4.35. The van der Waals surface area contributed by atoms with Crippen molar-refractivity contribution in [2.45, 2.75) is 19.3 Å². The van der Waals surface area contributed by atoms with Crippen LogP contribution in [-0.4, -0.2) is 28.3 Å². The number of carbonyl (C=O) groups is 2. The summed E-state index contributed by atoms with van der Waals surface area (Å²) in [5.41, 5.74) is 8.12. The highest BCUT2D eigenvalue weighted by atomic mass is 16.6. The summed E-state index contributed by atoms with van der Waals surface area (Å²) >= 11 is 0. The average molecular weight is 416 g/mol. The molecule has 3 heterocycles. The van der Waals surface area contributed by atoms with Crippen LogP contribution >= 0.6 is 0 Å². The van der Waals surface area contributed by atoms with E-state index in [2.05, 4.69) is 10.4 Å². The molecule has 1 spiro atoms. The van der Waals surface area contributed by atoms with E-state index >= 15 is 0 Å². The first kappa shape index (κ1) is 18.9. The van der Waals surface area contributed by atoms with Crippen LogP contribution in [0.15, 0.2) is 66.1 Å². The number of anilines is 1. The molecule has 0 unspecified atom stereocenters. The number of ether oxygens (including phenoxy) is 2. The third kappa shape index (κ3) is 2.44. The minimum atomic E-state index is -1.45. The molecule has 0 radical (unpaired) electrons. The SMILES string of the molecule is CCOC(=O)C1=C(N)[C@@]2(C(=O)Nc3ccccc32)c2c(C)nn(-c3ccccc3)c2O1. The maximum absolute atomic E-state index is 13.5. The number of hydrogen-bond donors (Lipinski definition) is 2. The number of amides is 1. The van der Waals surface area contributed by atoms with Gasteiger partial charge in [0.25, 0.3) is 0 Å². The van der Waals surface area contributed by atoms with Crippen LogP contribution in [-0.2, 0) is 19.7 Å². The van der Waals surface area contributed by atoms with E-state index in [4.69, 9.17) is 15.2 Å². The molecule has 2 aliphatic heterocycles. The highest BCUT2D eigenvalue weighted by Gasteiger charge is 2.58. The Kier molecular flexibility index (Phi) is 4.11. The zero-order valence-corrected chi connectivity index (χ0v) is 17.0. The molecule has 31 heavy (non-hydrogen) atoms. The van der Waals surface area contributed by atoms with Crippen molar-refractivity contribution < 1.29 is 19.1 Å². The summed E-state index contributed by atoms with van der Waals surface area (Å²) in [6, 6.07) is 16.6. The molecular formula is C23H20N4O4. The summed E-state index contributed by atoms with van der Waals surface area (Å²) in [6.07, 6.45) is 0. The maximum atomic E-state index is 13.5. The fourth-order valence-electron chi connectivity index (χ4n) is 4.35. The van der Waals surface area contributed by atoms with Crippen LogP contribution in [0.3, 0.4) is 0 Å². The van der Waals surface area contributed by atoms with Gasteiger partial charge in [-0.1, -0.05) is 36.4 Å². The molecule has 1 aromatic heterocycles. The topological polar surface area (TPSA) is 108 Å². The van der Waals surface area contributed by atoms with Crippen LogP contribution in [0.4, 0.5) is 5.69 Å². The first-order chi connectivity index (χ1) is 15.0. The molecule has 8 heteroatoms. The number of aryl methyl sites for hydroxylation is 1. The van der Waals surface area contributed by atoms with E-state index in [-0.39, 0.29) is 29.9 Å². The van der Waals surface area contributed by atoms with E-state index in [1.54, 1.807) is 24.6 Å². The smallest absolute Gasteiger partial charge is 0.376 e. The van der Waals surface area contributed by atoms with Gasteiger partial charge >= 0.3 is 5.97 Å². The third-order valence-electron chi connectivity index (χ3n) is 5.62. The largest absolute Gasteiger partial charge is 0.460 e. The van der Waals surface area contributed by atoms with E-state index in [1.807, 2.05) is 48.5 Å². The minimum Gasteiger partial charge on any atom is -0.460 e. The van der Waals surface area contributed by atoms with Crippen molar-refractivity contribution in [1.82, 2.24) is 9.78 Å². The highest BCUT2D eigenvalue weighted by molar-refractivity contribution is 6.13. The van der Waals surface area contributed by atoms with Crippen molar-refractivity contribution >= 4 is 17.6 Å². The maximum Gasteiger partial charge on any atom is 0.376 e. The van der Waals surface area contributed by atoms with Gasteiger partial charge < -0.3 is 20.5 Å². The quantitative estimate of drug-likeness (QED) is 0.635. The predicted molar refractivity (Wildman–Crippen MR) is 113 cm³/mol. The molecule has 0 bridgehead atoms. The van der Waals surface area contributed by atoms with Crippen molar-refractivity contribution in [3.63, 3.8) is 0 Å². The lowest BCUT2D eigenvalue weighted by molar-refractivity contribution is -0.141. The number of aromatic nitrogens is 2. The summed E-state index contributed by atoms with van der Waals surface area (Å²) in [5, 5.41) is 7.54. The van der Waals surface area contributed by atoms with Gasteiger partial charge in [0, 0.05) is 11.3 Å². The molecule has 0 saturated heterocycles. The van der Waals surface area contributed by atoms with Gasteiger partial charge in [-0.15, -0.1) is 0 Å². The summed E-state index contributed by atoms with van der Waals surface area (Å²) < 4.78 is 12.8. The Balaban J connectivity index is 1.86. The fraction of sp³-hybridized carbons (Fsp3) is 0.174. The molecule has 2 aliphatic rings.